The lowest BCUT2D eigenvalue weighted by atomic mass is 9.32. The fourth-order valence-electron chi connectivity index (χ4n) is 12.1. The predicted octanol–water partition coefficient (Wildman–Crippen LogP) is 16.4. The van der Waals surface area contributed by atoms with Crippen LogP contribution in [0.2, 0.25) is 0 Å². The zero-order valence-corrected chi connectivity index (χ0v) is 50.4. The Kier molecular flexibility index (Phi) is 11.5. The van der Waals surface area contributed by atoms with Gasteiger partial charge in [-0.15, -0.1) is 0 Å². The minimum atomic E-state index is -0.350. The molecule has 12 rings (SSSR count). The van der Waals surface area contributed by atoms with Crippen molar-refractivity contribution < 1.29 is 18.3 Å². The van der Waals surface area contributed by atoms with E-state index in [9.17, 15) is 0 Å². The summed E-state index contributed by atoms with van der Waals surface area (Å²) in [5, 5.41) is 0.987. The van der Waals surface area contributed by atoms with Gasteiger partial charge in [0.25, 0.3) is 0 Å². The highest BCUT2D eigenvalue weighted by atomic mass is 16.5. The van der Waals surface area contributed by atoms with Gasteiger partial charge in [-0.05, 0) is 157 Å². The Bertz CT molecular complexity index is 3880. The first-order valence-corrected chi connectivity index (χ1v) is 28.6. The molecule has 8 heteroatoms. The van der Waals surface area contributed by atoms with E-state index in [0.717, 1.165) is 107 Å². The van der Waals surface area contributed by atoms with Crippen molar-refractivity contribution in [3.05, 3.63) is 154 Å². The Morgan fingerprint density at radius 1 is 0.456 bits per heavy atom. The van der Waals surface area contributed by atoms with Gasteiger partial charge >= 0.3 is 13.4 Å². The van der Waals surface area contributed by atoms with Crippen molar-refractivity contribution in [3.8, 4) is 23.0 Å². The van der Waals surface area contributed by atoms with Crippen LogP contribution in [0.25, 0.3) is 23.1 Å². The van der Waals surface area contributed by atoms with Crippen molar-refractivity contribution in [2.75, 3.05) is 9.80 Å². The molecule has 0 spiro atoms. The molecule has 4 aliphatic heterocycles. The molecule has 6 aromatic carbocycles. The van der Waals surface area contributed by atoms with Crippen LogP contribution in [0.4, 0.5) is 34.1 Å². The van der Waals surface area contributed by atoms with Gasteiger partial charge in [0, 0.05) is 45.0 Å². The molecule has 402 valence electrons. The number of hydrogen-bond acceptors (Lipinski definition) is 6. The van der Waals surface area contributed by atoms with Crippen molar-refractivity contribution in [1.29, 1.82) is 0 Å². The average Bonchev–Trinajstić information content (AvgIpc) is 2.60. The molecule has 0 amide bonds. The van der Waals surface area contributed by atoms with E-state index in [2.05, 4.69) is 257 Å². The summed E-state index contributed by atoms with van der Waals surface area (Å²) in [6, 6.07) is 39.5. The third-order valence-electron chi connectivity index (χ3n) is 17.5. The molecule has 0 radical (unpaired) electrons. The second kappa shape index (κ2) is 17.2. The van der Waals surface area contributed by atoms with Gasteiger partial charge in [0.1, 0.15) is 34.2 Å². The molecule has 0 N–H and O–H groups in total. The van der Waals surface area contributed by atoms with Gasteiger partial charge in [0.05, 0.1) is 10.9 Å². The topological polar surface area (TPSA) is 51.2 Å². The number of anilines is 6. The normalized spacial score (nSPS) is 15.0. The first-order chi connectivity index (χ1) is 36.8. The third kappa shape index (κ3) is 8.44. The Hall–Kier alpha value is -7.05. The predicted molar refractivity (Wildman–Crippen MR) is 337 cm³/mol. The number of rotatable bonds is 4. The maximum Gasteiger partial charge on any atom is 0.301 e. The number of fused-ring (bicyclic) bond motifs is 10. The van der Waals surface area contributed by atoms with E-state index in [1.54, 1.807) is 0 Å². The number of benzene rings is 6. The third-order valence-corrected chi connectivity index (χ3v) is 17.5. The smallest absolute Gasteiger partial charge is 0.301 e. The number of ether oxygens (including phenoxy) is 2. The Morgan fingerprint density at radius 2 is 0.886 bits per heavy atom. The molecule has 8 aromatic rings. The zero-order chi connectivity index (χ0) is 56.6. The summed E-state index contributed by atoms with van der Waals surface area (Å²) < 4.78 is 29.3. The van der Waals surface area contributed by atoms with Gasteiger partial charge < -0.3 is 28.1 Å². The minimum absolute atomic E-state index is 0.0334. The van der Waals surface area contributed by atoms with Crippen LogP contribution in [0.5, 0.6) is 23.0 Å². The van der Waals surface area contributed by atoms with Gasteiger partial charge in [-0.2, -0.15) is 0 Å². The van der Waals surface area contributed by atoms with Gasteiger partial charge in [-0.1, -0.05) is 173 Å². The van der Waals surface area contributed by atoms with Gasteiger partial charge in [0.2, 0.25) is 0 Å². The molecule has 2 aromatic heterocycles. The second-order valence-corrected chi connectivity index (χ2v) is 29.2. The van der Waals surface area contributed by atoms with Gasteiger partial charge in [0.15, 0.2) is 11.5 Å². The van der Waals surface area contributed by atoms with Crippen molar-refractivity contribution >= 4 is 104 Å². The summed E-state index contributed by atoms with van der Waals surface area (Å²) in [5.41, 5.74) is 20.9. The number of nitrogens with zero attached hydrogens (tertiary/aromatic N) is 2. The molecule has 0 bridgehead atoms. The SMILES string of the molecule is C=Cc1oc2c(c1/C=C(\C)C(C)(C)C)Oc1cc(C(C)(C)C)cc3c1B2c1cc2c(cc1N3c1ccc(C(C)(C)C)cc1)N(c1ccc(C(C)(C)C)cc1)c1cc(C(C)(C)C)cc3c1B2c1oc2ccc(C(C)(C)C)cc2c1O3. The maximum absolute atomic E-state index is 7.38. The summed E-state index contributed by atoms with van der Waals surface area (Å²) in [6.07, 6.45) is 4.10. The molecule has 0 fully saturated rings. The molecule has 6 heterocycles. The molecule has 79 heavy (non-hydrogen) atoms. The lowest BCUT2D eigenvalue weighted by Crippen LogP contribution is -2.63. The summed E-state index contributed by atoms with van der Waals surface area (Å²) in [7, 11) is 0. The van der Waals surface area contributed by atoms with Crippen LogP contribution >= 0.6 is 0 Å². The first kappa shape index (κ1) is 52.6. The van der Waals surface area contributed by atoms with E-state index in [1.165, 1.54) is 33.4 Å². The molecule has 0 aliphatic carbocycles. The van der Waals surface area contributed by atoms with E-state index in [4.69, 9.17) is 18.3 Å². The molecule has 6 nitrogen and oxygen atoms in total. The van der Waals surface area contributed by atoms with Crippen LogP contribution in [-0.2, 0) is 27.1 Å². The Morgan fingerprint density at radius 3 is 1.32 bits per heavy atom. The lowest BCUT2D eigenvalue weighted by molar-refractivity contribution is 0.472. The number of hydrogen-bond donors (Lipinski definition) is 0. The molecule has 0 atom stereocenters. The summed E-state index contributed by atoms with van der Waals surface area (Å²) in [4.78, 5) is 5.01. The highest BCUT2D eigenvalue weighted by molar-refractivity contribution is 7.01. The van der Waals surface area contributed by atoms with Crippen molar-refractivity contribution in [2.45, 2.75) is 159 Å². The molecule has 0 unspecified atom stereocenters. The summed E-state index contributed by atoms with van der Waals surface area (Å²) in [6.45, 7) is 46.9. The van der Waals surface area contributed by atoms with E-state index < -0.39 is 0 Å². The highest BCUT2D eigenvalue weighted by Crippen LogP contribution is 2.50. The van der Waals surface area contributed by atoms with Crippen molar-refractivity contribution in [2.24, 2.45) is 5.41 Å². The monoisotopic (exact) mass is 1040 g/mol. The van der Waals surface area contributed by atoms with E-state index in [-0.39, 0.29) is 45.9 Å². The number of furan rings is 2. The summed E-state index contributed by atoms with van der Waals surface area (Å²) >= 11 is 0. The fourth-order valence-corrected chi connectivity index (χ4v) is 12.1. The summed E-state index contributed by atoms with van der Waals surface area (Å²) in [5.74, 6) is 3.91. The fraction of sp³-hybridized carbons (Fsp3) is 0.352. The van der Waals surface area contributed by atoms with Crippen LogP contribution in [0, 0.1) is 5.41 Å². The standard InChI is InChI=1S/C71H78B2N2O4/c1-21-56-48(32-40(2)66(3,4)5)62-64(78-56)72-50-38-51-53(39-52(50)74(46-27-22-41(23-28-46)67(6,7)8)54-34-44(70(15,16)17)36-58(76-62)60(54)72)75(47-29-24-42(25-30-47)68(9,10)11)55-35-45(71(18,19)20)37-59-61(55)73(51)65-63(77-59)49-33-43(69(12,13)14)26-31-57(49)79-65/h21-39H,1H2,2-20H3/b40-32+. The van der Waals surface area contributed by atoms with Gasteiger partial charge in [-0.3, -0.25) is 0 Å². The molecule has 0 saturated carbocycles. The quantitative estimate of drug-likeness (QED) is 0.164. The minimum Gasteiger partial charge on any atom is -0.466 e. The van der Waals surface area contributed by atoms with Crippen LogP contribution in [0.1, 0.15) is 171 Å². The molecule has 4 aliphatic rings. The Balaban J connectivity index is 1.23. The number of allylic oxidation sites excluding steroid dienone is 1. The van der Waals surface area contributed by atoms with E-state index >= 15 is 0 Å². The molecule has 0 saturated heterocycles. The molecular weight excluding hydrogens is 966 g/mol. The first-order valence-electron chi connectivity index (χ1n) is 28.6. The van der Waals surface area contributed by atoms with Crippen LogP contribution in [0.3, 0.4) is 0 Å². The lowest BCUT2D eigenvalue weighted by Gasteiger charge is -2.44. The molecular formula is C71H78B2N2O4. The average molecular weight is 1050 g/mol. The van der Waals surface area contributed by atoms with Gasteiger partial charge in [-0.25, -0.2) is 0 Å². The van der Waals surface area contributed by atoms with Crippen molar-refractivity contribution in [1.82, 2.24) is 0 Å². The van der Waals surface area contributed by atoms with Crippen LogP contribution in [0.15, 0.2) is 124 Å². The zero-order valence-electron chi connectivity index (χ0n) is 50.4. The largest absolute Gasteiger partial charge is 0.466 e. The second-order valence-electron chi connectivity index (χ2n) is 29.2. The van der Waals surface area contributed by atoms with Crippen LogP contribution in [-0.4, -0.2) is 13.4 Å². The van der Waals surface area contributed by atoms with Crippen LogP contribution < -0.4 is 52.4 Å². The van der Waals surface area contributed by atoms with Crippen molar-refractivity contribution in [3.63, 3.8) is 0 Å². The van der Waals surface area contributed by atoms with E-state index in [1.807, 2.05) is 6.08 Å². The highest BCUT2D eigenvalue weighted by Gasteiger charge is 2.51. The Labute approximate surface area is 471 Å². The maximum atomic E-state index is 7.38. The van der Waals surface area contributed by atoms with E-state index in [0.29, 0.717) is 5.76 Å².